The number of rotatable bonds is 8. The number of benzene rings is 1. The monoisotopic (exact) mass is 351 g/mol. The van der Waals surface area contributed by atoms with Crippen LogP contribution < -0.4 is 10.1 Å². The highest BCUT2D eigenvalue weighted by Gasteiger charge is 2.14. The quantitative estimate of drug-likeness (QED) is 0.738. The van der Waals surface area contributed by atoms with Crippen LogP contribution in [0.4, 0.5) is 0 Å². The molecule has 1 aromatic heterocycles. The summed E-state index contributed by atoms with van der Waals surface area (Å²) in [4.78, 5) is 16.3. The Labute approximate surface area is 146 Å². The van der Waals surface area contributed by atoms with Crippen LogP contribution in [0, 0.1) is 0 Å². The number of aromatic nitrogens is 2. The highest BCUT2D eigenvalue weighted by molar-refractivity contribution is 6.30. The SMILES string of the molecule is CC(Oc1ccc(Cl)cc1)C(=O)NCCCc1nc(C(C)C)no1. The maximum absolute atomic E-state index is 12.0. The molecule has 0 spiro atoms. The molecule has 0 fully saturated rings. The summed E-state index contributed by atoms with van der Waals surface area (Å²) in [6.07, 6.45) is 0.771. The van der Waals surface area contributed by atoms with Gasteiger partial charge in [0.15, 0.2) is 11.9 Å². The van der Waals surface area contributed by atoms with Crippen molar-refractivity contribution in [3.05, 3.63) is 41.0 Å². The zero-order valence-electron chi connectivity index (χ0n) is 14.1. The number of halogens is 1. The van der Waals surface area contributed by atoms with Crippen molar-refractivity contribution in [1.82, 2.24) is 15.5 Å². The number of carbonyl (C=O) groups is 1. The van der Waals surface area contributed by atoms with E-state index in [1.54, 1.807) is 31.2 Å². The molecule has 2 aromatic rings. The second kappa shape index (κ2) is 8.68. The van der Waals surface area contributed by atoms with Crippen LogP contribution in [0.3, 0.4) is 0 Å². The van der Waals surface area contributed by atoms with Crippen molar-refractivity contribution >= 4 is 17.5 Å². The second-order valence-electron chi connectivity index (χ2n) is 5.81. The molecule has 1 amide bonds. The number of aryl methyl sites for hydroxylation is 1. The molecule has 24 heavy (non-hydrogen) atoms. The third-order valence-corrected chi connectivity index (χ3v) is 3.61. The van der Waals surface area contributed by atoms with Crippen molar-refractivity contribution < 1.29 is 14.1 Å². The first-order chi connectivity index (χ1) is 11.5. The molecule has 6 nitrogen and oxygen atoms in total. The summed E-state index contributed by atoms with van der Waals surface area (Å²) in [6.45, 7) is 6.25. The fourth-order valence-electron chi connectivity index (χ4n) is 1.97. The normalized spacial score (nSPS) is 12.2. The Morgan fingerprint density at radius 1 is 1.29 bits per heavy atom. The van der Waals surface area contributed by atoms with Gasteiger partial charge in [-0.05, 0) is 37.6 Å². The molecule has 0 aliphatic heterocycles. The molecule has 0 saturated heterocycles. The van der Waals surface area contributed by atoms with E-state index in [0.717, 1.165) is 6.42 Å². The summed E-state index contributed by atoms with van der Waals surface area (Å²) in [5.41, 5.74) is 0. The molecule has 0 radical (unpaired) electrons. The number of amides is 1. The maximum Gasteiger partial charge on any atom is 0.260 e. The smallest absolute Gasteiger partial charge is 0.260 e. The van der Waals surface area contributed by atoms with Crippen LogP contribution >= 0.6 is 11.6 Å². The Hall–Kier alpha value is -2.08. The Kier molecular flexibility index (Phi) is 6.61. The molecule has 1 heterocycles. The molecule has 0 saturated carbocycles. The van der Waals surface area contributed by atoms with E-state index in [0.29, 0.717) is 35.5 Å². The number of carbonyl (C=O) groups excluding carboxylic acids is 1. The fraction of sp³-hybridized carbons (Fsp3) is 0.471. The molecule has 2 rings (SSSR count). The zero-order chi connectivity index (χ0) is 17.5. The summed E-state index contributed by atoms with van der Waals surface area (Å²) in [6, 6.07) is 6.90. The summed E-state index contributed by atoms with van der Waals surface area (Å²) in [5.74, 6) is 1.98. The molecule has 1 N–H and O–H groups in total. The molecule has 1 aromatic carbocycles. The number of hydrogen-bond acceptors (Lipinski definition) is 5. The minimum absolute atomic E-state index is 0.168. The van der Waals surface area contributed by atoms with Gasteiger partial charge in [0, 0.05) is 23.9 Å². The third kappa shape index (κ3) is 5.53. The lowest BCUT2D eigenvalue weighted by Gasteiger charge is -2.14. The lowest BCUT2D eigenvalue weighted by atomic mass is 10.2. The standard InChI is InChI=1S/C17H22ClN3O3/c1-11(2)16-20-15(24-21-16)5-4-10-19-17(22)12(3)23-14-8-6-13(18)7-9-14/h6-9,11-12H,4-5,10H2,1-3H3,(H,19,22). The van der Waals surface area contributed by atoms with Crippen LogP contribution in [-0.4, -0.2) is 28.7 Å². The highest BCUT2D eigenvalue weighted by atomic mass is 35.5. The van der Waals surface area contributed by atoms with Gasteiger partial charge in [0.2, 0.25) is 5.89 Å². The van der Waals surface area contributed by atoms with Gasteiger partial charge in [0.1, 0.15) is 5.75 Å². The number of nitrogens with one attached hydrogen (secondary N) is 1. The second-order valence-corrected chi connectivity index (χ2v) is 6.25. The lowest BCUT2D eigenvalue weighted by molar-refractivity contribution is -0.127. The first-order valence-electron chi connectivity index (χ1n) is 7.98. The van der Waals surface area contributed by atoms with Crippen molar-refractivity contribution in [3.63, 3.8) is 0 Å². The van der Waals surface area contributed by atoms with E-state index in [9.17, 15) is 4.79 Å². The molecule has 130 valence electrons. The van der Waals surface area contributed by atoms with Gasteiger partial charge in [0.25, 0.3) is 5.91 Å². The minimum Gasteiger partial charge on any atom is -0.481 e. The van der Waals surface area contributed by atoms with Gasteiger partial charge in [0.05, 0.1) is 0 Å². The fourth-order valence-corrected chi connectivity index (χ4v) is 2.10. The van der Waals surface area contributed by atoms with Gasteiger partial charge in [-0.2, -0.15) is 4.98 Å². The molecule has 7 heteroatoms. The van der Waals surface area contributed by atoms with Gasteiger partial charge < -0.3 is 14.6 Å². The van der Waals surface area contributed by atoms with Gasteiger partial charge in [-0.1, -0.05) is 30.6 Å². The molecular weight excluding hydrogens is 330 g/mol. The van der Waals surface area contributed by atoms with Gasteiger partial charge in [-0.3, -0.25) is 4.79 Å². The first-order valence-corrected chi connectivity index (χ1v) is 8.36. The third-order valence-electron chi connectivity index (χ3n) is 3.36. The average molecular weight is 352 g/mol. The van der Waals surface area contributed by atoms with Crippen LogP contribution in [-0.2, 0) is 11.2 Å². The van der Waals surface area contributed by atoms with Crippen molar-refractivity contribution in [1.29, 1.82) is 0 Å². The predicted octanol–water partition coefficient (Wildman–Crippen LogP) is 3.36. The van der Waals surface area contributed by atoms with Gasteiger partial charge >= 0.3 is 0 Å². The topological polar surface area (TPSA) is 77.2 Å². The van der Waals surface area contributed by atoms with Gasteiger partial charge in [-0.25, -0.2) is 0 Å². The van der Waals surface area contributed by atoms with Crippen LogP contribution in [0.1, 0.15) is 44.8 Å². The minimum atomic E-state index is -0.581. The highest BCUT2D eigenvalue weighted by Crippen LogP contribution is 2.16. The molecule has 0 bridgehead atoms. The van der Waals surface area contributed by atoms with Crippen molar-refractivity contribution in [3.8, 4) is 5.75 Å². The van der Waals surface area contributed by atoms with Crippen LogP contribution in [0.15, 0.2) is 28.8 Å². The van der Waals surface area contributed by atoms with Crippen LogP contribution in [0.2, 0.25) is 5.02 Å². The van der Waals surface area contributed by atoms with E-state index in [-0.39, 0.29) is 11.8 Å². The van der Waals surface area contributed by atoms with E-state index in [4.69, 9.17) is 20.9 Å². The summed E-state index contributed by atoms with van der Waals surface area (Å²) in [7, 11) is 0. The molecule has 1 unspecified atom stereocenters. The number of nitrogens with zero attached hydrogens (tertiary/aromatic N) is 2. The predicted molar refractivity (Wildman–Crippen MR) is 91.3 cm³/mol. The van der Waals surface area contributed by atoms with E-state index in [2.05, 4.69) is 15.5 Å². The molecular formula is C17H22ClN3O3. The summed E-state index contributed by atoms with van der Waals surface area (Å²) in [5, 5.41) is 7.37. The molecule has 0 aliphatic carbocycles. The van der Waals surface area contributed by atoms with Crippen molar-refractivity contribution in [2.75, 3.05) is 6.54 Å². The van der Waals surface area contributed by atoms with E-state index in [1.807, 2.05) is 13.8 Å². The Morgan fingerprint density at radius 3 is 2.62 bits per heavy atom. The Morgan fingerprint density at radius 2 is 2.00 bits per heavy atom. The number of hydrogen-bond donors (Lipinski definition) is 1. The lowest BCUT2D eigenvalue weighted by Crippen LogP contribution is -2.36. The van der Waals surface area contributed by atoms with Crippen LogP contribution in [0.5, 0.6) is 5.75 Å². The largest absolute Gasteiger partial charge is 0.481 e. The number of ether oxygens (including phenoxy) is 1. The Balaban J connectivity index is 1.69. The first kappa shape index (κ1) is 18.3. The molecule has 1 atom stereocenters. The average Bonchev–Trinajstić information content (AvgIpc) is 3.02. The molecule has 0 aliphatic rings. The van der Waals surface area contributed by atoms with E-state index >= 15 is 0 Å². The zero-order valence-corrected chi connectivity index (χ0v) is 14.8. The summed E-state index contributed by atoms with van der Waals surface area (Å²) < 4.78 is 10.7. The van der Waals surface area contributed by atoms with Crippen LogP contribution in [0.25, 0.3) is 0 Å². The van der Waals surface area contributed by atoms with E-state index in [1.165, 1.54) is 0 Å². The van der Waals surface area contributed by atoms with Crippen molar-refractivity contribution in [2.24, 2.45) is 0 Å². The maximum atomic E-state index is 12.0. The summed E-state index contributed by atoms with van der Waals surface area (Å²) >= 11 is 5.81. The van der Waals surface area contributed by atoms with Crippen molar-refractivity contribution in [2.45, 2.75) is 45.6 Å². The van der Waals surface area contributed by atoms with E-state index < -0.39 is 6.10 Å². The van der Waals surface area contributed by atoms with Gasteiger partial charge in [-0.15, -0.1) is 0 Å². The Bertz CT molecular complexity index is 655.